The maximum atomic E-state index is 11.9. The molecule has 0 aliphatic heterocycles. The molecule has 0 aromatic heterocycles. The summed E-state index contributed by atoms with van der Waals surface area (Å²) in [5, 5.41) is 27.1. The standard InChI is InChI=1S/C17H29NO7/c1-18(2,3)12-14(11-16(22)23)25-17(24)10-6-8-13(19)7-4-5-9-15(20)21/h5,9,13-14,19H,4,6-8,10-12H2,1-3H3,(H-,20,21,22,23)/p+1/b9-5+. The molecule has 2 atom stereocenters. The van der Waals surface area contributed by atoms with Crippen LogP contribution in [0.5, 0.6) is 0 Å². The minimum Gasteiger partial charge on any atom is -0.481 e. The van der Waals surface area contributed by atoms with Gasteiger partial charge in [-0.1, -0.05) is 6.08 Å². The van der Waals surface area contributed by atoms with Crippen molar-refractivity contribution in [2.45, 2.75) is 50.7 Å². The van der Waals surface area contributed by atoms with Crippen LogP contribution in [0.25, 0.3) is 0 Å². The predicted molar refractivity (Wildman–Crippen MR) is 90.9 cm³/mol. The Labute approximate surface area is 148 Å². The van der Waals surface area contributed by atoms with Gasteiger partial charge < -0.3 is 24.5 Å². The van der Waals surface area contributed by atoms with Crippen LogP contribution in [0.1, 0.15) is 38.5 Å². The van der Waals surface area contributed by atoms with E-state index in [0.717, 1.165) is 6.08 Å². The maximum absolute atomic E-state index is 11.9. The summed E-state index contributed by atoms with van der Waals surface area (Å²) in [5.74, 6) is -2.52. The Morgan fingerprint density at radius 1 is 1.12 bits per heavy atom. The molecule has 0 bridgehead atoms. The first kappa shape index (κ1) is 23.1. The minimum absolute atomic E-state index is 0.106. The number of aliphatic hydroxyl groups excluding tert-OH is 1. The molecule has 0 spiro atoms. The largest absolute Gasteiger partial charge is 0.481 e. The Bertz CT molecular complexity index is 468. The van der Waals surface area contributed by atoms with Crippen molar-refractivity contribution in [2.75, 3.05) is 27.7 Å². The lowest BCUT2D eigenvalue weighted by molar-refractivity contribution is -0.873. The van der Waals surface area contributed by atoms with Crippen LogP contribution in [0.2, 0.25) is 0 Å². The van der Waals surface area contributed by atoms with Gasteiger partial charge in [0.15, 0.2) is 6.10 Å². The molecule has 2 unspecified atom stereocenters. The fourth-order valence-corrected chi connectivity index (χ4v) is 2.29. The van der Waals surface area contributed by atoms with Crippen LogP contribution in [0.15, 0.2) is 12.2 Å². The molecule has 0 saturated carbocycles. The van der Waals surface area contributed by atoms with Crippen molar-refractivity contribution in [1.29, 1.82) is 0 Å². The van der Waals surface area contributed by atoms with E-state index in [2.05, 4.69) is 0 Å². The lowest BCUT2D eigenvalue weighted by Gasteiger charge is -2.28. The van der Waals surface area contributed by atoms with E-state index in [-0.39, 0.29) is 12.8 Å². The molecule has 0 fully saturated rings. The van der Waals surface area contributed by atoms with Gasteiger partial charge in [-0.15, -0.1) is 0 Å². The summed E-state index contributed by atoms with van der Waals surface area (Å²) in [5.41, 5.74) is 0. The number of rotatable bonds is 13. The van der Waals surface area contributed by atoms with Crippen LogP contribution < -0.4 is 0 Å². The highest BCUT2D eigenvalue weighted by Gasteiger charge is 2.24. The summed E-state index contributed by atoms with van der Waals surface area (Å²) in [6.45, 7) is 0.399. The van der Waals surface area contributed by atoms with E-state index in [4.69, 9.17) is 14.9 Å². The Balaban J connectivity index is 4.13. The predicted octanol–water partition coefficient (Wildman–Crippen LogP) is 1.03. The second kappa shape index (κ2) is 11.6. The topological polar surface area (TPSA) is 121 Å². The number of carboxylic acids is 2. The second-order valence-electron chi connectivity index (χ2n) is 7.05. The van der Waals surface area contributed by atoms with E-state index in [0.29, 0.717) is 36.7 Å². The van der Waals surface area contributed by atoms with Crippen LogP contribution in [0, 0.1) is 0 Å². The number of carboxylic acid groups (broad SMARTS) is 2. The monoisotopic (exact) mass is 360 g/mol. The van der Waals surface area contributed by atoms with E-state index in [9.17, 15) is 19.5 Å². The molecule has 0 amide bonds. The summed E-state index contributed by atoms with van der Waals surface area (Å²) in [6.07, 6.45) is 2.76. The number of likely N-dealkylation sites (N-methyl/N-ethyl adjacent to an activating group) is 1. The molecular formula is C17H30NO7+. The zero-order valence-electron chi connectivity index (χ0n) is 15.2. The van der Waals surface area contributed by atoms with Crippen molar-refractivity contribution in [2.24, 2.45) is 0 Å². The molecule has 0 heterocycles. The molecule has 3 N–H and O–H groups in total. The van der Waals surface area contributed by atoms with Crippen molar-refractivity contribution in [3.63, 3.8) is 0 Å². The fourth-order valence-electron chi connectivity index (χ4n) is 2.29. The number of quaternary nitrogens is 1. The Kier molecular flexibility index (Phi) is 10.7. The molecule has 25 heavy (non-hydrogen) atoms. The fraction of sp³-hybridized carbons (Fsp3) is 0.706. The Hall–Kier alpha value is -1.93. The molecule has 0 aliphatic carbocycles. The maximum Gasteiger partial charge on any atom is 0.327 e. The van der Waals surface area contributed by atoms with Crippen LogP contribution in [-0.2, 0) is 19.1 Å². The number of hydrogen-bond donors (Lipinski definition) is 3. The van der Waals surface area contributed by atoms with Crippen LogP contribution in [-0.4, -0.2) is 77.6 Å². The molecule has 0 radical (unpaired) electrons. The van der Waals surface area contributed by atoms with Crippen molar-refractivity contribution in [1.82, 2.24) is 0 Å². The SMILES string of the molecule is C[N+](C)(C)CC(CC(=O)O)OC(=O)CCCC(O)CC/C=C/C(=O)O. The molecule has 8 nitrogen and oxygen atoms in total. The zero-order valence-corrected chi connectivity index (χ0v) is 15.2. The quantitative estimate of drug-likeness (QED) is 0.255. The van der Waals surface area contributed by atoms with Crippen molar-refractivity contribution in [3.8, 4) is 0 Å². The zero-order chi connectivity index (χ0) is 19.5. The van der Waals surface area contributed by atoms with E-state index in [1.807, 2.05) is 21.1 Å². The van der Waals surface area contributed by atoms with Crippen molar-refractivity contribution < 1.29 is 38.9 Å². The van der Waals surface area contributed by atoms with Gasteiger partial charge in [-0.25, -0.2) is 4.79 Å². The molecule has 0 aromatic carbocycles. The number of carbonyl (C=O) groups excluding carboxylic acids is 1. The first-order valence-electron chi connectivity index (χ1n) is 8.29. The van der Waals surface area contributed by atoms with Gasteiger partial charge in [-0.05, 0) is 25.7 Å². The highest BCUT2D eigenvalue weighted by Crippen LogP contribution is 2.11. The second-order valence-corrected chi connectivity index (χ2v) is 7.05. The van der Waals surface area contributed by atoms with Gasteiger partial charge in [0.1, 0.15) is 6.54 Å². The highest BCUT2D eigenvalue weighted by molar-refractivity contribution is 5.79. The third kappa shape index (κ3) is 15.3. The van der Waals surface area contributed by atoms with Gasteiger partial charge in [0.25, 0.3) is 0 Å². The number of carbonyl (C=O) groups is 3. The van der Waals surface area contributed by atoms with Gasteiger partial charge in [-0.3, -0.25) is 9.59 Å². The van der Waals surface area contributed by atoms with E-state index < -0.39 is 30.1 Å². The smallest absolute Gasteiger partial charge is 0.327 e. The van der Waals surface area contributed by atoms with Gasteiger partial charge in [0.05, 0.1) is 33.7 Å². The molecule has 0 rings (SSSR count). The van der Waals surface area contributed by atoms with Crippen molar-refractivity contribution in [3.05, 3.63) is 12.2 Å². The number of aliphatic hydroxyl groups is 1. The molecule has 144 valence electrons. The van der Waals surface area contributed by atoms with E-state index in [1.54, 1.807) is 0 Å². The number of ether oxygens (including phenoxy) is 1. The summed E-state index contributed by atoms with van der Waals surface area (Å²) in [4.78, 5) is 33.0. The van der Waals surface area contributed by atoms with Gasteiger partial charge >= 0.3 is 17.9 Å². The lowest BCUT2D eigenvalue weighted by Crippen LogP contribution is -2.43. The first-order chi connectivity index (χ1) is 11.5. The highest BCUT2D eigenvalue weighted by atomic mass is 16.5. The summed E-state index contributed by atoms with van der Waals surface area (Å²) < 4.78 is 5.73. The summed E-state index contributed by atoms with van der Waals surface area (Å²) in [6, 6.07) is 0. The molecule has 0 saturated heterocycles. The number of allylic oxidation sites excluding steroid dienone is 1. The number of aliphatic carboxylic acids is 2. The Morgan fingerprint density at radius 3 is 2.28 bits per heavy atom. The van der Waals surface area contributed by atoms with E-state index in [1.165, 1.54) is 6.08 Å². The van der Waals surface area contributed by atoms with Crippen LogP contribution in [0.4, 0.5) is 0 Å². The van der Waals surface area contributed by atoms with Crippen LogP contribution in [0.3, 0.4) is 0 Å². The molecule has 0 aliphatic rings. The van der Waals surface area contributed by atoms with Crippen molar-refractivity contribution >= 4 is 17.9 Å². The van der Waals surface area contributed by atoms with Gasteiger partial charge in [0, 0.05) is 12.5 Å². The lowest BCUT2D eigenvalue weighted by atomic mass is 10.1. The minimum atomic E-state index is -1.03. The number of hydrogen-bond acceptors (Lipinski definition) is 5. The average molecular weight is 360 g/mol. The van der Waals surface area contributed by atoms with Crippen LogP contribution >= 0.6 is 0 Å². The normalized spacial score (nSPS) is 14.2. The number of esters is 1. The molecular weight excluding hydrogens is 330 g/mol. The van der Waals surface area contributed by atoms with Gasteiger partial charge in [0.2, 0.25) is 0 Å². The van der Waals surface area contributed by atoms with E-state index >= 15 is 0 Å². The van der Waals surface area contributed by atoms with Gasteiger partial charge in [-0.2, -0.15) is 0 Å². The Morgan fingerprint density at radius 2 is 1.76 bits per heavy atom. The summed E-state index contributed by atoms with van der Waals surface area (Å²) in [7, 11) is 5.66. The number of nitrogens with zero attached hydrogens (tertiary/aromatic N) is 1. The third-order valence-corrected chi connectivity index (χ3v) is 3.30. The first-order valence-corrected chi connectivity index (χ1v) is 8.29. The molecule has 8 heteroatoms. The average Bonchev–Trinajstić information content (AvgIpc) is 2.40. The molecule has 0 aromatic rings. The third-order valence-electron chi connectivity index (χ3n) is 3.30. The summed E-state index contributed by atoms with van der Waals surface area (Å²) >= 11 is 0.